The second-order valence-corrected chi connectivity index (χ2v) is 4.34. The second kappa shape index (κ2) is 7.23. The summed E-state index contributed by atoms with van der Waals surface area (Å²) >= 11 is 0. The van der Waals surface area contributed by atoms with E-state index >= 15 is 0 Å². The first-order chi connectivity index (χ1) is 10.2. The number of nitrogens with zero attached hydrogens (tertiary/aromatic N) is 2. The number of amides is 1. The van der Waals surface area contributed by atoms with Gasteiger partial charge in [0.05, 0.1) is 18.3 Å². The van der Waals surface area contributed by atoms with Crippen LogP contribution in [0, 0.1) is 0 Å². The molecule has 1 aromatic heterocycles. The predicted molar refractivity (Wildman–Crippen MR) is 77.0 cm³/mol. The number of rotatable bonds is 6. The van der Waals surface area contributed by atoms with Gasteiger partial charge in [-0.25, -0.2) is 4.79 Å². The predicted octanol–water partition coefficient (Wildman–Crippen LogP) is 1.49. The lowest BCUT2D eigenvalue weighted by Gasteiger charge is -2.06. The fraction of sp³-hybridized carbons (Fsp3) is 0.267. The molecule has 0 spiro atoms. The van der Waals surface area contributed by atoms with Crippen LogP contribution in [0.2, 0.25) is 0 Å². The van der Waals surface area contributed by atoms with Gasteiger partial charge >= 0.3 is 5.97 Å². The van der Waals surface area contributed by atoms with Gasteiger partial charge in [0.2, 0.25) is 0 Å². The zero-order valence-corrected chi connectivity index (χ0v) is 11.8. The molecule has 1 N–H and O–H groups in total. The Hall–Kier alpha value is -2.63. The summed E-state index contributed by atoms with van der Waals surface area (Å²) in [4.78, 5) is 23.4. The number of aryl methyl sites for hydroxylation is 1. The number of aromatic nitrogens is 2. The average molecular weight is 287 g/mol. The van der Waals surface area contributed by atoms with Crippen molar-refractivity contribution in [1.29, 1.82) is 0 Å². The highest BCUT2D eigenvalue weighted by Gasteiger charge is 2.10. The third-order valence-corrected chi connectivity index (χ3v) is 2.85. The maximum absolute atomic E-state index is 11.7. The number of carbonyl (C=O) groups is 2. The van der Waals surface area contributed by atoms with Gasteiger partial charge in [0.1, 0.15) is 6.61 Å². The second-order valence-electron chi connectivity index (χ2n) is 4.34. The Balaban J connectivity index is 1.72. The van der Waals surface area contributed by atoms with E-state index < -0.39 is 5.97 Å². The minimum atomic E-state index is -0.441. The van der Waals surface area contributed by atoms with E-state index in [9.17, 15) is 9.59 Å². The number of ether oxygens (including phenoxy) is 1. The van der Waals surface area contributed by atoms with Gasteiger partial charge in [-0.05, 0) is 19.1 Å². The van der Waals surface area contributed by atoms with Gasteiger partial charge in [-0.1, -0.05) is 18.2 Å². The molecule has 21 heavy (non-hydrogen) atoms. The standard InChI is InChI=1S/C15H17N3O3/c1-2-18-11-13(10-17-18)15(20)21-9-8-16-14(19)12-6-4-3-5-7-12/h3-7,10-11H,2,8-9H2,1H3,(H,16,19). The van der Waals surface area contributed by atoms with E-state index in [2.05, 4.69) is 10.4 Å². The third-order valence-electron chi connectivity index (χ3n) is 2.85. The Labute approximate surface area is 122 Å². The molecule has 0 radical (unpaired) electrons. The molecule has 1 aromatic carbocycles. The van der Waals surface area contributed by atoms with Gasteiger partial charge in [-0.3, -0.25) is 9.48 Å². The summed E-state index contributed by atoms with van der Waals surface area (Å²) in [5.41, 5.74) is 0.985. The summed E-state index contributed by atoms with van der Waals surface area (Å²) < 4.78 is 6.71. The van der Waals surface area contributed by atoms with Crippen molar-refractivity contribution in [2.24, 2.45) is 0 Å². The van der Waals surface area contributed by atoms with E-state index in [1.807, 2.05) is 13.0 Å². The summed E-state index contributed by atoms with van der Waals surface area (Å²) in [5, 5.41) is 6.68. The summed E-state index contributed by atoms with van der Waals surface area (Å²) in [7, 11) is 0. The van der Waals surface area contributed by atoms with E-state index in [0.717, 1.165) is 0 Å². The molecule has 6 heteroatoms. The van der Waals surface area contributed by atoms with Crippen LogP contribution in [0.3, 0.4) is 0 Å². The topological polar surface area (TPSA) is 73.2 Å². The van der Waals surface area contributed by atoms with Crippen LogP contribution in [0.5, 0.6) is 0 Å². The van der Waals surface area contributed by atoms with Crippen LogP contribution in [0.15, 0.2) is 42.7 Å². The molecular formula is C15H17N3O3. The van der Waals surface area contributed by atoms with Crippen LogP contribution >= 0.6 is 0 Å². The van der Waals surface area contributed by atoms with Crippen LogP contribution in [0.4, 0.5) is 0 Å². The Morgan fingerprint density at radius 3 is 2.67 bits per heavy atom. The largest absolute Gasteiger partial charge is 0.460 e. The summed E-state index contributed by atoms with van der Waals surface area (Å²) in [6, 6.07) is 8.87. The minimum absolute atomic E-state index is 0.120. The molecule has 6 nitrogen and oxygen atoms in total. The average Bonchev–Trinajstić information content (AvgIpc) is 3.01. The van der Waals surface area contributed by atoms with Crippen molar-refractivity contribution in [3.8, 4) is 0 Å². The molecule has 0 fully saturated rings. The van der Waals surface area contributed by atoms with Gasteiger partial charge in [0.15, 0.2) is 0 Å². The van der Waals surface area contributed by atoms with Crippen LogP contribution in [0.1, 0.15) is 27.6 Å². The highest BCUT2D eigenvalue weighted by molar-refractivity contribution is 5.94. The Kier molecular flexibility index (Phi) is 5.09. The lowest BCUT2D eigenvalue weighted by Crippen LogP contribution is -2.27. The van der Waals surface area contributed by atoms with Gasteiger partial charge in [0, 0.05) is 18.3 Å². The molecule has 0 aliphatic carbocycles. The Bertz CT molecular complexity index is 608. The first kappa shape index (κ1) is 14.8. The minimum Gasteiger partial charge on any atom is -0.460 e. The van der Waals surface area contributed by atoms with Crippen molar-refractivity contribution in [2.75, 3.05) is 13.2 Å². The summed E-state index contributed by atoms with van der Waals surface area (Å²) in [5.74, 6) is -0.630. The molecule has 110 valence electrons. The van der Waals surface area contributed by atoms with Crippen molar-refractivity contribution in [2.45, 2.75) is 13.5 Å². The van der Waals surface area contributed by atoms with Gasteiger partial charge in [0.25, 0.3) is 5.91 Å². The van der Waals surface area contributed by atoms with Crippen LogP contribution < -0.4 is 5.32 Å². The Morgan fingerprint density at radius 2 is 2.00 bits per heavy atom. The maximum atomic E-state index is 11.7. The molecule has 0 atom stereocenters. The number of nitrogens with one attached hydrogen (secondary N) is 1. The van der Waals surface area contributed by atoms with Crippen molar-refractivity contribution in [1.82, 2.24) is 15.1 Å². The quantitative estimate of drug-likeness (QED) is 0.645. The molecule has 0 saturated carbocycles. The smallest absolute Gasteiger partial charge is 0.341 e. The van der Waals surface area contributed by atoms with Crippen LogP contribution in [0.25, 0.3) is 0 Å². The SMILES string of the molecule is CCn1cc(C(=O)OCCNC(=O)c2ccccc2)cn1. The number of hydrogen-bond acceptors (Lipinski definition) is 4. The van der Waals surface area contributed by atoms with Crippen LogP contribution in [-0.2, 0) is 11.3 Å². The number of esters is 1. The highest BCUT2D eigenvalue weighted by Crippen LogP contribution is 2.00. The lowest BCUT2D eigenvalue weighted by atomic mass is 10.2. The van der Waals surface area contributed by atoms with Crippen molar-refractivity contribution >= 4 is 11.9 Å². The summed E-state index contributed by atoms with van der Waals surface area (Å²) in [6.07, 6.45) is 3.10. The lowest BCUT2D eigenvalue weighted by molar-refractivity contribution is 0.0503. The molecule has 0 bridgehead atoms. The molecule has 0 unspecified atom stereocenters. The van der Waals surface area contributed by atoms with Crippen molar-refractivity contribution in [3.05, 3.63) is 53.9 Å². The van der Waals surface area contributed by atoms with E-state index in [-0.39, 0.29) is 19.1 Å². The molecule has 1 amide bonds. The summed E-state index contributed by atoms with van der Waals surface area (Å²) in [6.45, 7) is 3.01. The van der Waals surface area contributed by atoms with E-state index in [4.69, 9.17) is 4.74 Å². The zero-order valence-electron chi connectivity index (χ0n) is 11.8. The van der Waals surface area contributed by atoms with E-state index in [0.29, 0.717) is 17.7 Å². The Morgan fingerprint density at radius 1 is 1.24 bits per heavy atom. The normalized spacial score (nSPS) is 10.1. The molecule has 0 saturated heterocycles. The fourth-order valence-electron chi connectivity index (χ4n) is 1.73. The van der Waals surface area contributed by atoms with E-state index in [1.165, 1.54) is 6.20 Å². The first-order valence-corrected chi connectivity index (χ1v) is 6.73. The van der Waals surface area contributed by atoms with E-state index in [1.54, 1.807) is 35.1 Å². The van der Waals surface area contributed by atoms with Crippen molar-refractivity contribution in [3.63, 3.8) is 0 Å². The van der Waals surface area contributed by atoms with Crippen molar-refractivity contribution < 1.29 is 14.3 Å². The zero-order chi connectivity index (χ0) is 15.1. The molecule has 2 rings (SSSR count). The highest BCUT2D eigenvalue weighted by atomic mass is 16.5. The van der Waals surface area contributed by atoms with Crippen LogP contribution in [-0.4, -0.2) is 34.8 Å². The molecule has 2 aromatic rings. The molecule has 1 heterocycles. The third kappa shape index (κ3) is 4.17. The number of hydrogen-bond donors (Lipinski definition) is 1. The molecular weight excluding hydrogens is 270 g/mol. The number of benzene rings is 1. The first-order valence-electron chi connectivity index (χ1n) is 6.73. The maximum Gasteiger partial charge on any atom is 0.341 e. The monoisotopic (exact) mass is 287 g/mol. The number of carbonyl (C=O) groups excluding carboxylic acids is 2. The molecule has 0 aliphatic heterocycles. The van der Waals surface area contributed by atoms with Gasteiger partial charge in [-0.2, -0.15) is 5.10 Å². The fourth-order valence-corrected chi connectivity index (χ4v) is 1.73. The molecule has 0 aliphatic rings. The van der Waals surface area contributed by atoms with Gasteiger partial charge in [-0.15, -0.1) is 0 Å². The van der Waals surface area contributed by atoms with Gasteiger partial charge < -0.3 is 10.1 Å².